The minimum absolute atomic E-state index is 0.152. The number of amides is 3. The number of rotatable bonds is 3. The van der Waals surface area contributed by atoms with E-state index in [9.17, 15) is 9.59 Å². The van der Waals surface area contributed by atoms with Gasteiger partial charge in [-0.1, -0.05) is 20.8 Å². The SMILES string of the molecule is CC(NC(=O)Nc1cnc(C(C)(C)C)nc1)C(=O)NC(C)(C)C. The van der Waals surface area contributed by atoms with Gasteiger partial charge in [-0.2, -0.15) is 0 Å². The Labute approximate surface area is 137 Å². The number of hydrogen-bond donors (Lipinski definition) is 3. The Morgan fingerprint density at radius 1 is 1.04 bits per heavy atom. The first kappa shape index (κ1) is 18.9. The van der Waals surface area contributed by atoms with Gasteiger partial charge in [0.05, 0.1) is 18.1 Å². The zero-order valence-corrected chi connectivity index (χ0v) is 14.9. The van der Waals surface area contributed by atoms with Crippen LogP contribution >= 0.6 is 0 Å². The van der Waals surface area contributed by atoms with Gasteiger partial charge in [0, 0.05) is 11.0 Å². The molecule has 0 fully saturated rings. The van der Waals surface area contributed by atoms with Crippen molar-refractivity contribution < 1.29 is 9.59 Å². The van der Waals surface area contributed by atoms with E-state index in [0.29, 0.717) is 11.5 Å². The zero-order chi connectivity index (χ0) is 17.8. The topological polar surface area (TPSA) is 96.0 Å². The fraction of sp³-hybridized carbons (Fsp3) is 0.625. The molecule has 23 heavy (non-hydrogen) atoms. The van der Waals surface area contributed by atoms with Gasteiger partial charge < -0.3 is 16.0 Å². The molecular formula is C16H27N5O2. The summed E-state index contributed by atoms with van der Waals surface area (Å²) in [6.45, 7) is 13.3. The van der Waals surface area contributed by atoms with Crippen LogP contribution in [-0.4, -0.2) is 33.5 Å². The maximum atomic E-state index is 11.9. The standard InChI is InChI=1S/C16H27N5O2/c1-10(12(22)21-16(5,6)7)19-14(23)20-11-8-17-13(18-9-11)15(2,3)4/h8-10H,1-7H3,(H,21,22)(H2,19,20,23). The molecule has 0 saturated heterocycles. The highest BCUT2D eigenvalue weighted by Gasteiger charge is 2.21. The Morgan fingerprint density at radius 2 is 1.57 bits per heavy atom. The fourth-order valence-corrected chi connectivity index (χ4v) is 1.69. The Bertz CT molecular complexity index is 555. The molecule has 3 N–H and O–H groups in total. The van der Waals surface area contributed by atoms with Gasteiger partial charge >= 0.3 is 6.03 Å². The Kier molecular flexibility index (Phi) is 5.69. The number of nitrogens with one attached hydrogen (secondary N) is 3. The molecule has 0 aromatic carbocycles. The third kappa shape index (κ3) is 6.63. The van der Waals surface area contributed by atoms with Crippen LogP contribution in [0.1, 0.15) is 54.3 Å². The van der Waals surface area contributed by atoms with Gasteiger partial charge in [0.25, 0.3) is 0 Å². The quantitative estimate of drug-likeness (QED) is 0.795. The predicted molar refractivity (Wildman–Crippen MR) is 90.2 cm³/mol. The van der Waals surface area contributed by atoms with Crippen LogP contribution in [0.4, 0.5) is 10.5 Å². The van der Waals surface area contributed by atoms with Gasteiger partial charge in [-0.3, -0.25) is 4.79 Å². The van der Waals surface area contributed by atoms with Crippen LogP contribution in [0.25, 0.3) is 0 Å². The van der Waals surface area contributed by atoms with Crippen molar-refractivity contribution in [3.05, 3.63) is 18.2 Å². The van der Waals surface area contributed by atoms with Crippen molar-refractivity contribution >= 4 is 17.6 Å². The highest BCUT2D eigenvalue weighted by molar-refractivity contribution is 5.93. The number of aromatic nitrogens is 2. The number of anilines is 1. The van der Waals surface area contributed by atoms with Gasteiger partial charge in [0.1, 0.15) is 11.9 Å². The van der Waals surface area contributed by atoms with Crippen LogP contribution < -0.4 is 16.0 Å². The molecule has 0 aliphatic rings. The van der Waals surface area contributed by atoms with Gasteiger partial charge in [-0.25, -0.2) is 14.8 Å². The predicted octanol–water partition coefficient (Wildman–Crippen LogP) is 2.20. The Morgan fingerprint density at radius 3 is 2.00 bits per heavy atom. The van der Waals surface area contributed by atoms with Crippen LogP contribution in [0, 0.1) is 0 Å². The van der Waals surface area contributed by atoms with Crippen LogP contribution in [0.15, 0.2) is 12.4 Å². The molecule has 0 radical (unpaired) electrons. The molecule has 1 heterocycles. The summed E-state index contributed by atoms with van der Waals surface area (Å²) < 4.78 is 0. The summed E-state index contributed by atoms with van der Waals surface area (Å²) in [6, 6.07) is -1.13. The fourth-order valence-electron chi connectivity index (χ4n) is 1.69. The second-order valence-electron chi connectivity index (χ2n) is 7.60. The maximum absolute atomic E-state index is 11.9. The van der Waals surface area contributed by atoms with Gasteiger partial charge in [0.15, 0.2) is 0 Å². The van der Waals surface area contributed by atoms with Crippen molar-refractivity contribution in [3.63, 3.8) is 0 Å². The second kappa shape index (κ2) is 6.93. The summed E-state index contributed by atoms with van der Waals surface area (Å²) in [5.41, 5.74) is -0.0283. The largest absolute Gasteiger partial charge is 0.350 e. The zero-order valence-electron chi connectivity index (χ0n) is 14.9. The average molecular weight is 321 g/mol. The normalized spacial score (nSPS) is 13.2. The lowest BCUT2D eigenvalue weighted by Crippen LogP contribution is -2.51. The van der Waals surface area contributed by atoms with Gasteiger partial charge in [-0.15, -0.1) is 0 Å². The van der Waals surface area contributed by atoms with E-state index < -0.39 is 12.1 Å². The lowest BCUT2D eigenvalue weighted by molar-refractivity contribution is -0.123. The highest BCUT2D eigenvalue weighted by Crippen LogP contribution is 2.18. The lowest BCUT2D eigenvalue weighted by atomic mass is 9.96. The van der Waals surface area contributed by atoms with E-state index in [1.54, 1.807) is 19.3 Å². The van der Waals surface area contributed by atoms with Crippen molar-refractivity contribution in [2.75, 3.05) is 5.32 Å². The van der Waals surface area contributed by atoms with Crippen molar-refractivity contribution in [3.8, 4) is 0 Å². The molecule has 1 aromatic rings. The molecule has 128 valence electrons. The number of hydrogen-bond acceptors (Lipinski definition) is 4. The molecule has 1 atom stereocenters. The molecule has 1 rings (SSSR count). The second-order valence-corrected chi connectivity index (χ2v) is 7.60. The number of carbonyl (C=O) groups is 2. The summed E-state index contributed by atoms with van der Waals surface area (Å²) >= 11 is 0. The van der Waals surface area contributed by atoms with Gasteiger partial charge in [0.2, 0.25) is 5.91 Å². The number of carbonyl (C=O) groups excluding carboxylic acids is 2. The van der Waals surface area contributed by atoms with Crippen LogP contribution in [0.2, 0.25) is 0 Å². The van der Waals surface area contributed by atoms with Crippen molar-refractivity contribution in [1.82, 2.24) is 20.6 Å². The third-order valence-corrected chi connectivity index (χ3v) is 2.82. The van der Waals surface area contributed by atoms with E-state index >= 15 is 0 Å². The van der Waals surface area contributed by atoms with Crippen molar-refractivity contribution in [2.45, 2.75) is 65.5 Å². The molecule has 1 unspecified atom stereocenters. The average Bonchev–Trinajstić information content (AvgIpc) is 2.35. The van der Waals surface area contributed by atoms with E-state index in [-0.39, 0.29) is 16.9 Å². The summed E-state index contributed by atoms with van der Waals surface area (Å²) in [4.78, 5) is 32.3. The third-order valence-electron chi connectivity index (χ3n) is 2.82. The molecule has 0 bridgehead atoms. The molecular weight excluding hydrogens is 294 g/mol. The van der Waals surface area contributed by atoms with Crippen LogP contribution in [0.5, 0.6) is 0 Å². The number of urea groups is 1. The summed E-state index contributed by atoms with van der Waals surface area (Å²) in [5, 5.41) is 8.00. The summed E-state index contributed by atoms with van der Waals surface area (Å²) in [6.07, 6.45) is 3.10. The van der Waals surface area contributed by atoms with Crippen molar-refractivity contribution in [1.29, 1.82) is 0 Å². The molecule has 1 aromatic heterocycles. The molecule has 7 nitrogen and oxygen atoms in total. The monoisotopic (exact) mass is 321 g/mol. The van der Waals surface area contributed by atoms with Crippen LogP contribution in [-0.2, 0) is 10.2 Å². The Hall–Kier alpha value is -2.18. The highest BCUT2D eigenvalue weighted by atomic mass is 16.2. The first-order valence-electron chi connectivity index (χ1n) is 7.60. The lowest BCUT2D eigenvalue weighted by Gasteiger charge is -2.23. The molecule has 3 amide bonds. The molecule has 0 spiro atoms. The minimum Gasteiger partial charge on any atom is -0.350 e. The Balaban J connectivity index is 2.58. The van der Waals surface area contributed by atoms with Crippen molar-refractivity contribution in [2.24, 2.45) is 0 Å². The summed E-state index contributed by atoms with van der Waals surface area (Å²) in [5.74, 6) is 0.452. The molecule has 7 heteroatoms. The number of nitrogens with zero attached hydrogens (tertiary/aromatic N) is 2. The first-order chi connectivity index (χ1) is 10.4. The van der Waals surface area contributed by atoms with E-state index in [2.05, 4.69) is 25.9 Å². The maximum Gasteiger partial charge on any atom is 0.319 e. The first-order valence-corrected chi connectivity index (χ1v) is 7.60. The van der Waals surface area contributed by atoms with E-state index in [4.69, 9.17) is 0 Å². The smallest absolute Gasteiger partial charge is 0.319 e. The van der Waals surface area contributed by atoms with E-state index in [1.165, 1.54) is 0 Å². The minimum atomic E-state index is -0.649. The summed E-state index contributed by atoms with van der Waals surface area (Å²) in [7, 11) is 0. The van der Waals surface area contributed by atoms with Gasteiger partial charge in [-0.05, 0) is 27.7 Å². The molecule has 0 aliphatic carbocycles. The molecule has 0 aliphatic heterocycles. The van der Waals surface area contributed by atoms with E-state index in [1.807, 2.05) is 41.5 Å². The van der Waals surface area contributed by atoms with E-state index in [0.717, 1.165) is 0 Å². The molecule has 0 saturated carbocycles. The van der Waals surface area contributed by atoms with Crippen LogP contribution in [0.3, 0.4) is 0 Å².